The molecule has 0 saturated heterocycles. The Morgan fingerprint density at radius 3 is 1.90 bits per heavy atom. The Balaban J connectivity index is 2.42. The van der Waals surface area contributed by atoms with Gasteiger partial charge in [-0.3, -0.25) is 9.59 Å². The van der Waals surface area contributed by atoms with Gasteiger partial charge in [-0.2, -0.15) is 0 Å². The maximum Gasteiger partial charge on any atom is 0.328 e. The molecule has 0 aliphatic carbocycles. The Morgan fingerprint density at radius 1 is 0.806 bits per heavy atom. The molecule has 0 atom stereocenters. The SMILES string of the molecule is CCCCCCCCCCCCOC(=O)C(CC)(CC)C(=O)Oc1ccccc1SC. The van der Waals surface area contributed by atoms with Crippen LogP contribution in [0.4, 0.5) is 0 Å². The molecule has 5 heteroatoms. The van der Waals surface area contributed by atoms with Gasteiger partial charge in [0.2, 0.25) is 0 Å². The number of benzene rings is 1. The number of ether oxygens (including phenoxy) is 2. The number of para-hydroxylation sites is 1. The Morgan fingerprint density at radius 2 is 1.35 bits per heavy atom. The molecule has 0 aromatic heterocycles. The zero-order valence-corrected chi connectivity index (χ0v) is 20.9. The predicted molar refractivity (Wildman–Crippen MR) is 130 cm³/mol. The third-order valence-electron chi connectivity index (χ3n) is 5.99. The fourth-order valence-corrected chi connectivity index (χ4v) is 4.23. The van der Waals surface area contributed by atoms with Crippen LogP contribution in [0.3, 0.4) is 0 Å². The molecule has 176 valence electrons. The molecule has 1 aromatic carbocycles. The quantitative estimate of drug-likeness (QED) is 0.0804. The molecular formula is C26H42O4S. The van der Waals surface area contributed by atoms with Crippen LogP contribution >= 0.6 is 11.8 Å². The first-order chi connectivity index (χ1) is 15.1. The number of hydrogen-bond donors (Lipinski definition) is 0. The maximum absolute atomic E-state index is 13.0. The van der Waals surface area contributed by atoms with Gasteiger partial charge in [-0.05, 0) is 37.7 Å². The monoisotopic (exact) mass is 450 g/mol. The third-order valence-corrected chi connectivity index (χ3v) is 6.77. The fourth-order valence-electron chi connectivity index (χ4n) is 3.70. The minimum atomic E-state index is -1.25. The summed E-state index contributed by atoms with van der Waals surface area (Å²) in [5.41, 5.74) is -1.25. The highest BCUT2D eigenvalue weighted by Gasteiger charge is 2.46. The summed E-state index contributed by atoms with van der Waals surface area (Å²) in [5, 5.41) is 0. The van der Waals surface area contributed by atoms with Crippen LogP contribution in [0, 0.1) is 5.41 Å². The standard InChI is InChI=1S/C26H42O4S/c1-5-8-9-10-11-12-13-14-15-18-21-29-24(27)26(6-2,7-3)25(28)30-22-19-16-17-20-23(22)31-4/h16-17,19-20H,5-15,18,21H2,1-4H3. The Labute approximate surface area is 193 Å². The Kier molecular flexibility index (Phi) is 14.4. The average molecular weight is 451 g/mol. The van der Waals surface area contributed by atoms with E-state index in [1.54, 1.807) is 6.07 Å². The summed E-state index contributed by atoms with van der Waals surface area (Å²) < 4.78 is 11.2. The summed E-state index contributed by atoms with van der Waals surface area (Å²) in [5.74, 6) is -0.485. The van der Waals surface area contributed by atoms with E-state index in [4.69, 9.17) is 9.47 Å². The average Bonchev–Trinajstić information content (AvgIpc) is 2.79. The fraction of sp³-hybridized carbons (Fsp3) is 0.692. The van der Waals surface area contributed by atoms with Gasteiger partial charge in [-0.15, -0.1) is 11.8 Å². The zero-order chi connectivity index (χ0) is 23.0. The topological polar surface area (TPSA) is 52.6 Å². The summed E-state index contributed by atoms with van der Waals surface area (Å²) in [7, 11) is 0. The molecular weight excluding hydrogens is 408 g/mol. The first kappa shape index (κ1) is 27.5. The van der Waals surface area contributed by atoms with Gasteiger partial charge in [0, 0.05) is 4.90 Å². The van der Waals surface area contributed by atoms with Gasteiger partial charge in [-0.25, -0.2) is 0 Å². The Bertz CT molecular complexity index is 640. The van der Waals surface area contributed by atoms with E-state index >= 15 is 0 Å². The number of unbranched alkanes of at least 4 members (excludes halogenated alkanes) is 9. The second-order valence-electron chi connectivity index (χ2n) is 8.15. The minimum absolute atomic E-state index is 0.362. The summed E-state index contributed by atoms with van der Waals surface area (Å²) in [6, 6.07) is 7.38. The van der Waals surface area contributed by atoms with Crippen molar-refractivity contribution in [2.75, 3.05) is 12.9 Å². The van der Waals surface area contributed by atoms with Crippen molar-refractivity contribution in [3.63, 3.8) is 0 Å². The molecule has 31 heavy (non-hydrogen) atoms. The number of hydrogen-bond acceptors (Lipinski definition) is 5. The van der Waals surface area contributed by atoms with Crippen LogP contribution in [-0.4, -0.2) is 24.8 Å². The summed E-state index contributed by atoms with van der Waals surface area (Å²) in [6.45, 7) is 6.29. The van der Waals surface area contributed by atoms with Crippen LogP contribution < -0.4 is 4.74 Å². The molecule has 0 aliphatic rings. The molecule has 0 heterocycles. The lowest BCUT2D eigenvalue weighted by Gasteiger charge is -2.27. The van der Waals surface area contributed by atoms with Gasteiger partial charge >= 0.3 is 11.9 Å². The van der Waals surface area contributed by atoms with Crippen molar-refractivity contribution < 1.29 is 19.1 Å². The van der Waals surface area contributed by atoms with Crippen molar-refractivity contribution in [3.8, 4) is 5.75 Å². The number of carbonyl (C=O) groups is 2. The Hall–Kier alpha value is -1.49. The molecule has 0 fully saturated rings. The first-order valence-electron chi connectivity index (χ1n) is 12.1. The normalized spacial score (nSPS) is 11.4. The van der Waals surface area contributed by atoms with Crippen LogP contribution in [0.25, 0.3) is 0 Å². The van der Waals surface area contributed by atoms with E-state index in [1.165, 1.54) is 63.1 Å². The van der Waals surface area contributed by atoms with Crippen LogP contribution in [0.5, 0.6) is 5.75 Å². The van der Waals surface area contributed by atoms with Crippen molar-refractivity contribution in [3.05, 3.63) is 24.3 Å². The lowest BCUT2D eigenvalue weighted by molar-refractivity contribution is -0.168. The van der Waals surface area contributed by atoms with Crippen LogP contribution in [0.15, 0.2) is 29.2 Å². The van der Waals surface area contributed by atoms with Crippen molar-refractivity contribution in [2.45, 2.75) is 103 Å². The van der Waals surface area contributed by atoms with E-state index in [-0.39, 0.29) is 0 Å². The molecule has 0 saturated carbocycles. The number of rotatable bonds is 17. The van der Waals surface area contributed by atoms with Gasteiger partial charge in [0.1, 0.15) is 5.75 Å². The first-order valence-corrected chi connectivity index (χ1v) is 13.3. The van der Waals surface area contributed by atoms with Gasteiger partial charge in [-0.1, -0.05) is 90.7 Å². The molecule has 0 amide bonds. The van der Waals surface area contributed by atoms with E-state index < -0.39 is 17.4 Å². The highest BCUT2D eigenvalue weighted by Crippen LogP contribution is 2.34. The van der Waals surface area contributed by atoms with Crippen molar-refractivity contribution >= 4 is 23.7 Å². The van der Waals surface area contributed by atoms with Crippen LogP contribution in [-0.2, 0) is 14.3 Å². The highest BCUT2D eigenvalue weighted by atomic mass is 32.2. The lowest BCUT2D eigenvalue weighted by Crippen LogP contribution is -2.42. The molecule has 1 aromatic rings. The number of carbonyl (C=O) groups excluding carboxylic acids is 2. The smallest absolute Gasteiger partial charge is 0.328 e. The maximum atomic E-state index is 13.0. The van der Waals surface area contributed by atoms with Gasteiger partial charge in [0.15, 0.2) is 5.41 Å². The summed E-state index contributed by atoms with van der Waals surface area (Å²) in [6.07, 6.45) is 14.9. The third kappa shape index (κ3) is 9.26. The molecule has 4 nitrogen and oxygen atoms in total. The second-order valence-corrected chi connectivity index (χ2v) is 9.00. The molecule has 1 rings (SSSR count). The van der Waals surface area contributed by atoms with Crippen LogP contribution in [0.2, 0.25) is 0 Å². The molecule has 0 aliphatic heterocycles. The molecule has 0 unspecified atom stereocenters. The second kappa shape index (κ2) is 16.2. The van der Waals surface area contributed by atoms with E-state index in [9.17, 15) is 9.59 Å². The minimum Gasteiger partial charge on any atom is -0.465 e. The lowest BCUT2D eigenvalue weighted by atomic mass is 9.82. The van der Waals surface area contributed by atoms with E-state index in [1.807, 2.05) is 38.3 Å². The van der Waals surface area contributed by atoms with E-state index in [2.05, 4.69) is 6.92 Å². The number of esters is 2. The van der Waals surface area contributed by atoms with E-state index in [0.29, 0.717) is 25.2 Å². The van der Waals surface area contributed by atoms with Crippen LogP contribution in [0.1, 0.15) is 97.8 Å². The molecule has 0 spiro atoms. The highest BCUT2D eigenvalue weighted by molar-refractivity contribution is 7.98. The predicted octanol–water partition coefficient (Wildman–Crippen LogP) is 7.58. The zero-order valence-electron chi connectivity index (χ0n) is 20.0. The molecule has 0 N–H and O–H groups in total. The summed E-state index contributed by atoms with van der Waals surface area (Å²) in [4.78, 5) is 26.7. The van der Waals surface area contributed by atoms with Crippen molar-refractivity contribution in [2.24, 2.45) is 5.41 Å². The van der Waals surface area contributed by atoms with E-state index in [0.717, 1.165) is 17.7 Å². The molecule has 0 bridgehead atoms. The van der Waals surface area contributed by atoms with Gasteiger partial charge in [0.25, 0.3) is 0 Å². The molecule has 0 radical (unpaired) electrons. The van der Waals surface area contributed by atoms with Crippen molar-refractivity contribution in [1.29, 1.82) is 0 Å². The van der Waals surface area contributed by atoms with Gasteiger partial charge in [0.05, 0.1) is 6.61 Å². The summed E-state index contributed by atoms with van der Waals surface area (Å²) >= 11 is 1.51. The number of thioether (sulfide) groups is 1. The van der Waals surface area contributed by atoms with Gasteiger partial charge < -0.3 is 9.47 Å². The largest absolute Gasteiger partial charge is 0.465 e. The van der Waals surface area contributed by atoms with Crippen molar-refractivity contribution in [1.82, 2.24) is 0 Å².